The van der Waals surface area contributed by atoms with Crippen molar-refractivity contribution in [2.75, 3.05) is 5.32 Å². The molecule has 0 spiro atoms. The Hall–Kier alpha value is -1.12. The van der Waals surface area contributed by atoms with Gasteiger partial charge in [0.25, 0.3) is 0 Å². The van der Waals surface area contributed by atoms with Gasteiger partial charge >= 0.3 is 0 Å². The predicted molar refractivity (Wildman–Crippen MR) is 71.2 cm³/mol. The zero-order chi connectivity index (χ0) is 12.3. The smallest absolute Gasteiger partial charge is 0.223 e. The first-order valence-electron chi connectivity index (χ1n) is 6.76. The molecule has 1 aliphatic carbocycles. The third-order valence-electron chi connectivity index (χ3n) is 3.74. The van der Waals surface area contributed by atoms with E-state index in [1.54, 1.807) is 0 Å². The molecule has 2 rings (SSSR count). The third kappa shape index (κ3) is 3.42. The van der Waals surface area contributed by atoms with Crippen LogP contribution in [0.3, 0.4) is 0 Å². The highest BCUT2D eigenvalue weighted by Gasteiger charge is 2.20. The SMILES string of the molecule is CCC1CCC(Nc2nc(C)cc(C)n2)CC1. The Bertz CT molecular complexity index is 347. The van der Waals surface area contributed by atoms with Gasteiger partial charge in [-0.25, -0.2) is 9.97 Å². The summed E-state index contributed by atoms with van der Waals surface area (Å²) in [7, 11) is 0. The van der Waals surface area contributed by atoms with E-state index in [0.717, 1.165) is 23.3 Å². The quantitative estimate of drug-likeness (QED) is 0.868. The van der Waals surface area contributed by atoms with E-state index >= 15 is 0 Å². The molecule has 3 heteroatoms. The summed E-state index contributed by atoms with van der Waals surface area (Å²) in [6, 6.07) is 2.58. The highest BCUT2D eigenvalue weighted by Crippen LogP contribution is 2.27. The molecule has 1 N–H and O–H groups in total. The average Bonchev–Trinajstić information content (AvgIpc) is 2.28. The van der Waals surface area contributed by atoms with E-state index in [0.29, 0.717) is 6.04 Å². The standard InChI is InChI=1S/C14H23N3/c1-4-12-5-7-13(8-6-12)17-14-15-10(2)9-11(3)16-14/h9,12-13H,4-8H2,1-3H3,(H,15,16,17). The number of hydrogen-bond acceptors (Lipinski definition) is 3. The lowest BCUT2D eigenvalue weighted by atomic mass is 9.85. The zero-order valence-electron chi connectivity index (χ0n) is 11.2. The number of aromatic nitrogens is 2. The predicted octanol–water partition coefficient (Wildman–Crippen LogP) is 3.47. The van der Waals surface area contributed by atoms with Gasteiger partial charge in [-0.15, -0.1) is 0 Å². The summed E-state index contributed by atoms with van der Waals surface area (Å²) in [5, 5.41) is 3.48. The van der Waals surface area contributed by atoms with Crippen LogP contribution in [0.4, 0.5) is 5.95 Å². The monoisotopic (exact) mass is 233 g/mol. The average molecular weight is 233 g/mol. The fourth-order valence-corrected chi connectivity index (χ4v) is 2.69. The van der Waals surface area contributed by atoms with Crippen molar-refractivity contribution in [2.45, 2.75) is 58.9 Å². The molecular weight excluding hydrogens is 210 g/mol. The minimum atomic E-state index is 0.569. The van der Waals surface area contributed by atoms with Gasteiger partial charge in [0.1, 0.15) is 0 Å². The summed E-state index contributed by atoms with van der Waals surface area (Å²) in [4.78, 5) is 8.89. The van der Waals surface area contributed by atoms with Crippen molar-refractivity contribution in [3.63, 3.8) is 0 Å². The van der Waals surface area contributed by atoms with Crippen molar-refractivity contribution in [3.05, 3.63) is 17.5 Å². The Morgan fingerprint density at radius 1 is 1.12 bits per heavy atom. The van der Waals surface area contributed by atoms with Gasteiger partial charge in [0.05, 0.1) is 0 Å². The molecule has 0 radical (unpaired) electrons. The second-order valence-electron chi connectivity index (χ2n) is 5.24. The van der Waals surface area contributed by atoms with E-state index in [4.69, 9.17) is 0 Å². The maximum atomic E-state index is 4.45. The number of rotatable bonds is 3. The molecule has 94 valence electrons. The Balaban J connectivity index is 1.93. The normalized spacial score (nSPS) is 24.6. The van der Waals surface area contributed by atoms with E-state index in [-0.39, 0.29) is 0 Å². The molecule has 0 unspecified atom stereocenters. The van der Waals surface area contributed by atoms with Gasteiger partial charge in [-0.05, 0) is 51.5 Å². The summed E-state index contributed by atoms with van der Waals surface area (Å²) in [5.74, 6) is 1.75. The number of nitrogens with zero attached hydrogens (tertiary/aromatic N) is 2. The summed E-state index contributed by atoms with van der Waals surface area (Å²) in [6.07, 6.45) is 6.54. The molecule has 1 fully saturated rings. The van der Waals surface area contributed by atoms with E-state index in [2.05, 4.69) is 22.2 Å². The van der Waals surface area contributed by atoms with Gasteiger partial charge in [-0.1, -0.05) is 13.3 Å². The van der Waals surface area contributed by atoms with Crippen LogP contribution in [-0.4, -0.2) is 16.0 Å². The van der Waals surface area contributed by atoms with Crippen LogP contribution in [0.15, 0.2) is 6.07 Å². The van der Waals surface area contributed by atoms with E-state index < -0.39 is 0 Å². The van der Waals surface area contributed by atoms with Crippen molar-refractivity contribution < 1.29 is 0 Å². The molecule has 1 heterocycles. The Kier molecular flexibility index (Phi) is 3.97. The van der Waals surface area contributed by atoms with Gasteiger partial charge in [0.2, 0.25) is 5.95 Å². The highest BCUT2D eigenvalue weighted by molar-refractivity contribution is 5.29. The molecule has 0 amide bonds. The summed E-state index contributed by atoms with van der Waals surface area (Å²) >= 11 is 0. The van der Waals surface area contributed by atoms with Gasteiger partial charge in [-0.2, -0.15) is 0 Å². The largest absolute Gasteiger partial charge is 0.351 e. The maximum Gasteiger partial charge on any atom is 0.223 e. The van der Waals surface area contributed by atoms with Crippen LogP contribution in [0.5, 0.6) is 0 Å². The Labute approximate surface area is 104 Å². The molecule has 0 aromatic carbocycles. The van der Waals surface area contributed by atoms with Crippen LogP contribution in [0.1, 0.15) is 50.4 Å². The molecule has 0 bridgehead atoms. The van der Waals surface area contributed by atoms with Crippen LogP contribution in [0.25, 0.3) is 0 Å². The van der Waals surface area contributed by atoms with Crippen LogP contribution in [0.2, 0.25) is 0 Å². The molecule has 0 atom stereocenters. The van der Waals surface area contributed by atoms with E-state index in [9.17, 15) is 0 Å². The van der Waals surface area contributed by atoms with E-state index in [1.807, 2.05) is 19.9 Å². The second-order valence-corrected chi connectivity index (χ2v) is 5.24. The third-order valence-corrected chi connectivity index (χ3v) is 3.74. The highest BCUT2D eigenvalue weighted by atomic mass is 15.1. The number of hydrogen-bond donors (Lipinski definition) is 1. The van der Waals surface area contributed by atoms with Crippen molar-refractivity contribution >= 4 is 5.95 Å². The van der Waals surface area contributed by atoms with Gasteiger partial charge in [0.15, 0.2) is 0 Å². The minimum Gasteiger partial charge on any atom is -0.351 e. The number of nitrogens with one attached hydrogen (secondary N) is 1. The van der Waals surface area contributed by atoms with Gasteiger partial charge in [0, 0.05) is 17.4 Å². The zero-order valence-corrected chi connectivity index (χ0v) is 11.2. The molecule has 1 aromatic rings. The van der Waals surface area contributed by atoms with Crippen LogP contribution in [-0.2, 0) is 0 Å². The van der Waals surface area contributed by atoms with Crippen LogP contribution >= 0.6 is 0 Å². The summed E-state index contributed by atoms with van der Waals surface area (Å²) in [5.41, 5.74) is 2.09. The molecule has 1 aliphatic rings. The lowest BCUT2D eigenvalue weighted by molar-refractivity contribution is 0.329. The maximum absolute atomic E-state index is 4.45. The lowest BCUT2D eigenvalue weighted by Gasteiger charge is -2.28. The van der Waals surface area contributed by atoms with Crippen molar-refractivity contribution in [2.24, 2.45) is 5.92 Å². The molecule has 0 saturated heterocycles. The van der Waals surface area contributed by atoms with Gasteiger partial charge in [-0.3, -0.25) is 0 Å². The first-order chi connectivity index (χ1) is 8.17. The van der Waals surface area contributed by atoms with Crippen LogP contribution < -0.4 is 5.32 Å². The molecular formula is C14H23N3. The molecule has 17 heavy (non-hydrogen) atoms. The fourth-order valence-electron chi connectivity index (χ4n) is 2.69. The van der Waals surface area contributed by atoms with Crippen LogP contribution in [0, 0.1) is 19.8 Å². The summed E-state index contributed by atoms with van der Waals surface area (Å²) < 4.78 is 0. The van der Waals surface area contributed by atoms with Crippen molar-refractivity contribution in [3.8, 4) is 0 Å². The topological polar surface area (TPSA) is 37.8 Å². The second kappa shape index (κ2) is 5.48. The molecule has 0 aliphatic heterocycles. The van der Waals surface area contributed by atoms with E-state index in [1.165, 1.54) is 32.1 Å². The Morgan fingerprint density at radius 3 is 2.24 bits per heavy atom. The Morgan fingerprint density at radius 2 is 1.71 bits per heavy atom. The van der Waals surface area contributed by atoms with Crippen molar-refractivity contribution in [1.29, 1.82) is 0 Å². The van der Waals surface area contributed by atoms with Crippen molar-refractivity contribution in [1.82, 2.24) is 9.97 Å². The fraction of sp³-hybridized carbons (Fsp3) is 0.714. The van der Waals surface area contributed by atoms with Gasteiger partial charge < -0.3 is 5.32 Å². The molecule has 1 aromatic heterocycles. The lowest BCUT2D eigenvalue weighted by Crippen LogP contribution is -2.27. The minimum absolute atomic E-state index is 0.569. The first kappa shape index (κ1) is 12.3. The number of aryl methyl sites for hydroxylation is 2. The number of anilines is 1. The summed E-state index contributed by atoms with van der Waals surface area (Å²) in [6.45, 7) is 6.34. The first-order valence-corrected chi connectivity index (χ1v) is 6.76. The molecule has 3 nitrogen and oxygen atoms in total. The molecule has 1 saturated carbocycles.